The van der Waals surface area contributed by atoms with Gasteiger partial charge in [0.05, 0.1) is 7.05 Å². The van der Waals surface area contributed by atoms with E-state index in [-0.39, 0.29) is 6.61 Å². The Morgan fingerprint density at radius 3 is 2.44 bits per heavy atom. The fraction of sp³-hybridized carbons (Fsp3) is 0.381. The van der Waals surface area contributed by atoms with Gasteiger partial charge >= 0.3 is 0 Å². The molecule has 132 valence electrons. The minimum absolute atomic E-state index is 0.274. The highest BCUT2D eigenvalue weighted by Gasteiger charge is 2.21. The van der Waals surface area contributed by atoms with E-state index in [1.807, 2.05) is 31.3 Å². The molecule has 0 aliphatic heterocycles. The Labute approximate surface area is 149 Å². The molecule has 1 unspecified atom stereocenters. The summed E-state index contributed by atoms with van der Waals surface area (Å²) < 4.78 is 10.1. The number of hydrogen-bond acceptors (Lipinski definition) is 2. The van der Waals surface area contributed by atoms with Crippen molar-refractivity contribution in [3.05, 3.63) is 59.9 Å². The van der Waals surface area contributed by atoms with Gasteiger partial charge in [0.2, 0.25) is 0 Å². The van der Waals surface area contributed by atoms with Crippen LogP contribution in [-0.4, -0.2) is 22.4 Å². The molecule has 0 saturated carbocycles. The molecule has 4 nitrogen and oxygen atoms in total. The molecule has 0 bridgehead atoms. The van der Waals surface area contributed by atoms with Crippen molar-refractivity contribution in [3.8, 4) is 5.75 Å². The van der Waals surface area contributed by atoms with Crippen molar-refractivity contribution in [3.63, 3.8) is 0 Å². The molecule has 3 rings (SSSR count). The van der Waals surface area contributed by atoms with E-state index in [9.17, 15) is 5.11 Å². The normalized spacial score (nSPS) is 12.7. The van der Waals surface area contributed by atoms with Gasteiger partial charge in [-0.2, -0.15) is 0 Å². The Morgan fingerprint density at radius 1 is 1.08 bits per heavy atom. The molecule has 25 heavy (non-hydrogen) atoms. The molecule has 0 spiro atoms. The number of fused-ring (bicyclic) bond motifs is 1. The van der Waals surface area contributed by atoms with Crippen LogP contribution in [0.4, 0.5) is 0 Å². The number of benzene rings is 2. The second kappa shape index (κ2) is 7.28. The van der Waals surface area contributed by atoms with E-state index >= 15 is 0 Å². The molecule has 0 saturated heterocycles. The standard InChI is InChI=1S/C21H27N2O2/c1-15(2)17-9-11-19(12-10-17)25-14-18(24)13-23-16(3)22(4)20-7-5-6-8-21(20)23/h5-12,15,18,24H,13-14H2,1-4H3/q+1. The maximum atomic E-state index is 10.4. The Morgan fingerprint density at radius 2 is 1.76 bits per heavy atom. The lowest BCUT2D eigenvalue weighted by molar-refractivity contribution is -0.652. The molecule has 4 heteroatoms. The molecule has 3 aromatic rings. The largest absolute Gasteiger partial charge is 0.491 e. The van der Waals surface area contributed by atoms with Gasteiger partial charge in [0.25, 0.3) is 5.82 Å². The SMILES string of the molecule is Cc1n(CC(O)COc2ccc(C(C)C)cc2)c2ccccc2[n+]1C. The Hall–Kier alpha value is -2.33. The number of aliphatic hydroxyl groups is 1. The maximum absolute atomic E-state index is 10.4. The van der Waals surface area contributed by atoms with Gasteiger partial charge < -0.3 is 9.84 Å². The van der Waals surface area contributed by atoms with Crippen molar-refractivity contribution >= 4 is 11.0 Å². The van der Waals surface area contributed by atoms with Crippen LogP contribution in [0.25, 0.3) is 11.0 Å². The highest BCUT2D eigenvalue weighted by atomic mass is 16.5. The maximum Gasteiger partial charge on any atom is 0.254 e. The number of para-hydroxylation sites is 2. The van der Waals surface area contributed by atoms with Crippen LogP contribution in [0.15, 0.2) is 48.5 Å². The number of nitrogens with zero attached hydrogens (tertiary/aromatic N) is 2. The lowest BCUT2D eigenvalue weighted by Crippen LogP contribution is -2.32. The number of ether oxygens (including phenoxy) is 1. The van der Waals surface area contributed by atoms with E-state index in [2.05, 4.69) is 54.2 Å². The minimum atomic E-state index is -0.570. The Kier molecular flexibility index (Phi) is 5.09. The third-order valence-electron chi connectivity index (χ3n) is 4.79. The Bertz CT molecular complexity index is 850. The summed E-state index contributed by atoms with van der Waals surface area (Å²) in [5, 5.41) is 10.4. The van der Waals surface area contributed by atoms with Gasteiger partial charge in [-0.15, -0.1) is 0 Å². The van der Waals surface area contributed by atoms with Crippen LogP contribution in [0.2, 0.25) is 0 Å². The van der Waals surface area contributed by atoms with Crippen LogP contribution in [0.1, 0.15) is 31.2 Å². The van der Waals surface area contributed by atoms with Crippen molar-refractivity contribution in [2.24, 2.45) is 7.05 Å². The first kappa shape index (κ1) is 17.5. The molecular formula is C21H27N2O2+. The molecule has 0 amide bonds. The van der Waals surface area contributed by atoms with Gasteiger partial charge in [0.15, 0.2) is 11.0 Å². The molecule has 1 aromatic heterocycles. The minimum Gasteiger partial charge on any atom is -0.491 e. The number of aromatic nitrogens is 2. The molecular weight excluding hydrogens is 312 g/mol. The lowest BCUT2D eigenvalue weighted by Gasteiger charge is -2.12. The molecule has 0 aliphatic carbocycles. The van der Waals surface area contributed by atoms with Crippen LogP contribution in [0, 0.1) is 6.92 Å². The van der Waals surface area contributed by atoms with E-state index < -0.39 is 6.10 Å². The van der Waals surface area contributed by atoms with Crippen molar-refractivity contribution in [2.45, 2.75) is 39.3 Å². The summed E-state index contributed by atoms with van der Waals surface area (Å²) in [5.41, 5.74) is 3.58. The summed E-state index contributed by atoms with van der Waals surface area (Å²) in [7, 11) is 2.05. The predicted octanol–water partition coefficient (Wildman–Crippen LogP) is 3.34. The molecule has 2 aromatic carbocycles. The monoisotopic (exact) mass is 339 g/mol. The zero-order valence-electron chi connectivity index (χ0n) is 15.4. The third-order valence-corrected chi connectivity index (χ3v) is 4.79. The highest BCUT2D eigenvalue weighted by Crippen LogP contribution is 2.19. The molecule has 1 heterocycles. The molecule has 0 radical (unpaired) electrons. The van der Waals surface area contributed by atoms with Gasteiger partial charge in [0.1, 0.15) is 25.0 Å². The second-order valence-electron chi connectivity index (χ2n) is 6.89. The van der Waals surface area contributed by atoms with Crippen molar-refractivity contribution in [2.75, 3.05) is 6.61 Å². The van der Waals surface area contributed by atoms with Gasteiger partial charge in [-0.3, -0.25) is 0 Å². The molecule has 0 fully saturated rings. The average molecular weight is 339 g/mol. The van der Waals surface area contributed by atoms with Crippen molar-refractivity contribution in [1.29, 1.82) is 0 Å². The molecule has 1 atom stereocenters. The third kappa shape index (κ3) is 3.69. The molecule has 0 aliphatic rings. The summed E-state index contributed by atoms with van der Waals surface area (Å²) in [6.45, 7) is 7.19. The van der Waals surface area contributed by atoms with Crippen LogP contribution in [0.3, 0.4) is 0 Å². The van der Waals surface area contributed by atoms with Crippen molar-refractivity contribution in [1.82, 2.24) is 4.57 Å². The van der Waals surface area contributed by atoms with E-state index in [4.69, 9.17) is 4.74 Å². The van der Waals surface area contributed by atoms with E-state index in [1.165, 1.54) is 5.56 Å². The predicted molar refractivity (Wildman–Crippen MR) is 99.9 cm³/mol. The number of aliphatic hydroxyl groups excluding tert-OH is 1. The smallest absolute Gasteiger partial charge is 0.254 e. The zero-order valence-corrected chi connectivity index (χ0v) is 15.4. The first-order valence-corrected chi connectivity index (χ1v) is 8.82. The van der Waals surface area contributed by atoms with Crippen molar-refractivity contribution < 1.29 is 14.4 Å². The summed E-state index contributed by atoms with van der Waals surface area (Å²) >= 11 is 0. The first-order valence-electron chi connectivity index (χ1n) is 8.82. The fourth-order valence-electron chi connectivity index (χ4n) is 3.14. The lowest BCUT2D eigenvalue weighted by atomic mass is 10.0. The van der Waals surface area contributed by atoms with Crippen LogP contribution < -0.4 is 9.30 Å². The topological polar surface area (TPSA) is 38.3 Å². The van der Waals surface area contributed by atoms with E-state index in [0.717, 1.165) is 22.6 Å². The van der Waals surface area contributed by atoms with E-state index in [0.29, 0.717) is 12.5 Å². The first-order chi connectivity index (χ1) is 12.0. The van der Waals surface area contributed by atoms with Gasteiger partial charge in [-0.25, -0.2) is 9.13 Å². The number of imidazole rings is 1. The summed E-state index contributed by atoms with van der Waals surface area (Å²) in [6.07, 6.45) is -0.570. The highest BCUT2D eigenvalue weighted by molar-refractivity contribution is 5.72. The number of rotatable bonds is 6. The summed E-state index contributed by atoms with van der Waals surface area (Å²) in [4.78, 5) is 0. The number of hydrogen-bond donors (Lipinski definition) is 1. The van der Waals surface area contributed by atoms with Gasteiger partial charge in [-0.05, 0) is 35.7 Å². The van der Waals surface area contributed by atoms with Gasteiger partial charge in [-0.1, -0.05) is 38.1 Å². The van der Waals surface area contributed by atoms with Crippen LogP contribution in [0.5, 0.6) is 5.75 Å². The Balaban J connectivity index is 1.67. The summed E-state index contributed by atoms with van der Waals surface area (Å²) in [6, 6.07) is 16.3. The second-order valence-corrected chi connectivity index (χ2v) is 6.89. The quantitative estimate of drug-likeness (QED) is 0.700. The van der Waals surface area contributed by atoms with Crippen LogP contribution >= 0.6 is 0 Å². The van der Waals surface area contributed by atoms with Crippen LogP contribution in [-0.2, 0) is 13.6 Å². The van der Waals surface area contributed by atoms with E-state index in [1.54, 1.807) is 0 Å². The average Bonchev–Trinajstić information content (AvgIpc) is 2.85. The molecule has 1 N–H and O–H groups in total. The van der Waals surface area contributed by atoms with Gasteiger partial charge in [0, 0.05) is 6.92 Å². The summed E-state index contributed by atoms with van der Waals surface area (Å²) in [5.74, 6) is 2.41. The number of aryl methyl sites for hydroxylation is 1. The zero-order chi connectivity index (χ0) is 18.0. The fourth-order valence-corrected chi connectivity index (χ4v) is 3.14.